The van der Waals surface area contributed by atoms with E-state index in [9.17, 15) is 9.59 Å². The molecule has 6 nitrogen and oxygen atoms in total. The maximum atomic E-state index is 12.8. The number of nitrogens with two attached hydrogens (primary N) is 1. The van der Waals surface area contributed by atoms with Crippen molar-refractivity contribution < 1.29 is 19.1 Å². The molecule has 27 heavy (non-hydrogen) atoms. The predicted octanol–water partition coefficient (Wildman–Crippen LogP) is 2.48. The Hall–Kier alpha value is -3.02. The van der Waals surface area contributed by atoms with Crippen LogP contribution in [0.5, 0.6) is 11.5 Å². The smallest absolute Gasteiger partial charge is 0.257 e. The zero-order chi connectivity index (χ0) is 19.1. The fourth-order valence-corrected chi connectivity index (χ4v) is 3.13. The van der Waals surface area contributed by atoms with Crippen LogP contribution in [0.3, 0.4) is 0 Å². The molecule has 2 amide bonds. The van der Waals surface area contributed by atoms with Gasteiger partial charge in [-0.2, -0.15) is 0 Å². The number of ether oxygens (including phenoxy) is 2. The van der Waals surface area contributed by atoms with Crippen molar-refractivity contribution in [2.75, 3.05) is 26.3 Å². The first-order chi connectivity index (χ1) is 13.1. The van der Waals surface area contributed by atoms with E-state index in [1.54, 1.807) is 17.0 Å². The largest absolute Gasteiger partial charge is 0.490 e. The van der Waals surface area contributed by atoms with Gasteiger partial charge in [0.1, 0.15) is 24.7 Å². The molecule has 1 aliphatic rings. The Labute approximate surface area is 158 Å². The molecule has 0 saturated carbocycles. The number of hydrogen-bond donors (Lipinski definition) is 1. The summed E-state index contributed by atoms with van der Waals surface area (Å²) in [6.45, 7) is 1.77. The van der Waals surface area contributed by atoms with Gasteiger partial charge >= 0.3 is 0 Å². The number of nitrogens with zero attached hydrogens (tertiary/aromatic N) is 1. The third-order valence-electron chi connectivity index (χ3n) is 4.65. The molecule has 0 atom stereocenters. The second-order valence-electron chi connectivity index (χ2n) is 6.47. The van der Waals surface area contributed by atoms with Gasteiger partial charge in [-0.15, -0.1) is 0 Å². The number of rotatable bonds is 7. The molecule has 0 unspecified atom stereocenters. The highest BCUT2D eigenvalue weighted by atomic mass is 16.5. The Morgan fingerprint density at radius 3 is 2.26 bits per heavy atom. The van der Waals surface area contributed by atoms with Crippen LogP contribution in [-0.2, 0) is 4.79 Å². The molecule has 2 N–H and O–H groups in total. The first-order valence-corrected chi connectivity index (χ1v) is 9.13. The molecule has 0 aromatic heterocycles. The average molecular weight is 368 g/mol. The molecule has 1 aliphatic heterocycles. The van der Waals surface area contributed by atoms with Crippen molar-refractivity contribution in [1.82, 2.24) is 4.90 Å². The van der Waals surface area contributed by atoms with Crippen LogP contribution < -0.4 is 15.2 Å². The van der Waals surface area contributed by atoms with E-state index >= 15 is 0 Å². The van der Waals surface area contributed by atoms with Gasteiger partial charge < -0.3 is 20.1 Å². The number of amides is 2. The van der Waals surface area contributed by atoms with Gasteiger partial charge in [-0.25, -0.2) is 0 Å². The lowest BCUT2D eigenvalue weighted by Crippen LogP contribution is -2.41. The molecule has 0 radical (unpaired) electrons. The van der Waals surface area contributed by atoms with Crippen LogP contribution >= 0.6 is 0 Å². The Balaban J connectivity index is 1.55. The Morgan fingerprint density at radius 2 is 1.56 bits per heavy atom. The van der Waals surface area contributed by atoms with Crippen molar-refractivity contribution in [3.8, 4) is 11.5 Å². The summed E-state index contributed by atoms with van der Waals surface area (Å²) in [6.07, 6.45) is 1.21. The first-order valence-electron chi connectivity index (χ1n) is 9.13. The Morgan fingerprint density at radius 1 is 0.926 bits per heavy atom. The molecule has 2 aromatic rings. The normalized spacial score (nSPS) is 14.6. The lowest BCUT2D eigenvalue weighted by atomic mass is 9.96. The molecule has 1 saturated heterocycles. The minimum atomic E-state index is -0.288. The van der Waals surface area contributed by atoms with Gasteiger partial charge in [0.05, 0.1) is 5.56 Å². The monoisotopic (exact) mass is 368 g/mol. The highest BCUT2D eigenvalue weighted by molar-refractivity contribution is 5.97. The summed E-state index contributed by atoms with van der Waals surface area (Å²) in [5, 5.41) is 0. The van der Waals surface area contributed by atoms with Crippen molar-refractivity contribution in [3.05, 3.63) is 60.2 Å². The summed E-state index contributed by atoms with van der Waals surface area (Å²) in [7, 11) is 0. The highest BCUT2D eigenvalue weighted by Gasteiger charge is 2.27. The maximum absolute atomic E-state index is 12.8. The van der Waals surface area contributed by atoms with Crippen LogP contribution in [0.15, 0.2) is 54.6 Å². The second kappa shape index (κ2) is 9.07. The zero-order valence-electron chi connectivity index (χ0n) is 15.2. The van der Waals surface area contributed by atoms with Crippen LogP contribution in [0.2, 0.25) is 0 Å². The maximum Gasteiger partial charge on any atom is 0.257 e. The van der Waals surface area contributed by atoms with Gasteiger partial charge in [0, 0.05) is 19.0 Å². The van der Waals surface area contributed by atoms with E-state index in [-0.39, 0.29) is 17.7 Å². The fourth-order valence-electron chi connectivity index (χ4n) is 3.13. The van der Waals surface area contributed by atoms with Gasteiger partial charge in [0.25, 0.3) is 5.91 Å². The van der Waals surface area contributed by atoms with Crippen LogP contribution in [0.4, 0.5) is 0 Å². The number of piperidine rings is 1. The number of carbonyl (C=O) groups excluding carboxylic acids is 2. The van der Waals surface area contributed by atoms with Crippen molar-refractivity contribution in [2.24, 2.45) is 11.7 Å². The summed E-state index contributed by atoms with van der Waals surface area (Å²) in [6, 6.07) is 16.7. The van der Waals surface area contributed by atoms with Crippen LogP contribution in [-0.4, -0.2) is 43.0 Å². The van der Waals surface area contributed by atoms with E-state index in [0.717, 1.165) is 5.75 Å². The van der Waals surface area contributed by atoms with Crippen molar-refractivity contribution in [3.63, 3.8) is 0 Å². The highest BCUT2D eigenvalue weighted by Crippen LogP contribution is 2.23. The van der Waals surface area contributed by atoms with E-state index in [0.29, 0.717) is 50.5 Å². The van der Waals surface area contributed by atoms with Crippen LogP contribution in [0, 0.1) is 5.92 Å². The van der Waals surface area contributed by atoms with E-state index in [2.05, 4.69) is 0 Å². The second-order valence-corrected chi connectivity index (χ2v) is 6.47. The minimum Gasteiger partial charge on any atom is -0.490 e. The quantitative estimate of drug-likeness (QED) is 0.761. The van der Waals surface area contributed by atoms with Crippen molar-refractivity contribution >= 4 is 11.8 Å². The van der Waals surface area contributed by atoms with Crippen molar-refractivity contribution in [2.45, 2.75) is 12.8 Å². The first kappa shape index (κ1) is 18.8. The number of hydrogen-bond acceptors (Lipinski definition) is 4. The molecule has 0 spiro atoms. The summed E-state index contributed by atoms with van der Waals surface area (Å²) in [5.41, 5.74) is 5.88. The van der Waals surface area contributed by atoms with Gasteiger partial charge in [-0.05, 0) is 37.1 Å². The van der Waals surface area contributed by atoms with Gasteiger partial charge in [0.15, 0.2) is 0 Å². The lowest BCUT2D eigenvalue weighted by Gasteiger charge is -2.31. The number of likely N-dealkylation sites (tertiary alicyclic amines) is 1. The lowest BCUT2D eigenvalue weighted by molar-refractivity contribution is -0.123. The van der Waals surface area contributed by atoms with Crippen molar-refractivity contribution in [1.29, 1.82) is 0 Å². The topological polar surface area (TPSA) is 81.9 Å². The van der Waals surface area contributed by atoms with Gasteiger partial charge in [-0.1, -0.05) is 30.3 Å². The van der Waals surface area contributed by atoms with E-state index in [1.807, 2.05) is 42.5 Å². The molecule has 1 heterocycles. The van der Waals surface area contributed by atoms with E-state index < -0.39 is 0 Å². The summed E-state index contributed by atoms with van der Waals surface area (Å²) in [5.74, 6) is 0.802. The third-order valence-corrected chi connectivity index (χ3v) is 4.65. The molecule has 3 rings (SSSR count). The minimum absolute atomic E-state index is 0.0856. The Bertz CT molecular complexity index is 771. The molecular formula is C21H24N2O4. The fraction of sp³-hybridized carbons (Fsp3) is 0.333. The average Bonchev–Trinajstić information content (AvgIpc) is 2.72. The molecule has 0 bridgehead atoms. The number of primary amides is 1. The SMILES string of the molecule is NC(=O)C1CCN(C(=O)c2ccccc2OCCOc2ccccc2)CC1. The number of para-hydroxylation sites is 2. The molecule has 2 aromatic carbocycles. The molecular weight excluding hydrogens is 344 g/mol. The van der Waals surface area contributed by atoms with E-state index in [1.165, 1.54) is 0 Å². The van der Waals surface area contributed by atoms with Gasteiger partial charge in [0.2, 0.25) is 5.91 Å². The number of benzene rings is 2. The number of carbonyl (C=O) groups is 2. The Kier molecular flexibility index (Phi) is 6.30. The standard InChI is InChI=1S/C21H24N2O4/c22-20(24)16-10-12-23(13-11-16)21(25)18-8-4-5-9-19(18)27-15-14-26-17-6-2-1-3-7-17/h1-9,16H,10-15H2,(H2,22,24). The zero-order valence-corrected chi connectivity index (χ0v) is 15.2. The summed E-state index contributed by atoms with van der Waals surface area (Å²) >= 11 is 0. The van der Waals surface area contributed by atoms with Crippen LogP contribution in [0.25, 0.3) is 0 Å². The summed E-state index contributed by atoms with van der Waals surface area (Å²) in [4.78, 5) is 25.9. The molecule has 142 valence electrons. The molecule has 0 aliphatic carbocycles. The molecule has 1 fully saturated rings. The molecule has 6 heteroatoms. The van der Waals surface area contributed by atoms with Crippen LogP contribution in [0.1, 0.15) is 23.2 Å². The summed E-state index contributed by atoms with van der Waals surface area (Å²) < 4.78 is 11.4. The predicted molar refractivity (Wildman–Crippen MR) is 102 cm³/mol. The van der Waals surface area contributed by atoms with E-state index in [4.69, 9.17) is 15.2 Å². The van der Waals surface area contributed by atoms with Gasteiger partial charge in [-0.3, -0.25) is 9.59 Å². The third kappa shape index (κ3) is 5.00.